The van der Waals surface area contributed by atoms with Gasteiger partial charge in [-0.05, 0) is 52.3 Å². The highest BCUT2D eigenvalue weighted by Gasteiger charge is 2.09. The second-order valence-electron chi connectivity index (χ2n) is 6.65. The first-order valence-corrected chi connectivity index (χ1v) is 8.90. The van der Waals surface area contributed by atoms with E-state index in [1.165, 1.54) is 17.5 Å². The standard InChI is InChI=1S/C24H23N/c1-3-18(2)15-19-9-12-22(13-10-19)24-16-20(17-25)11-14-23(24)21-7-5-4-6-8-21/h4-14,16,18H,3,15H2,1-2H3. The molecule has 0 saturated heterocycles. The van der Waals surface area contributed by atoms with E-state index in [4.69, 9.17) is 0 Å². The first-order chi connectivity index (χ1) is 12.2. The van der Waals surface area contributed by atoms with Crippen molar-refractivity contribution in [1.29, 1.82) is 5.26 Å². The second kappa shape index (κ2) is 7.81. The van der Waals surface area contributed by atoms with Gasteiger partial charge in [0.05, 0.1) is 11.6 Å². The largest absolute Gasteiger partial charge is 0.192 e. The van der Waals surface area contributed by atoms with Crippen molar-refractivity contribution in [2.24, 2.45) is 5.92 Å². The first-order valence-electron chi connectivity index (χ1n) is 8.90. The molecule has 0 saturated carbocycles. The van der Waals surface area contributed by atoms with Crippen LogP contribution in [0.2, 0.25) is 0 Å². The van der Waals surface area contributed by atoms with E-state index in [-0.39, 0.29) is 0 Å². The van der Waals surface area contributed by atoms with Gasteiger partial charge < -0.3 is 0 Å². The maximum absolute atomic E-state index is 9.29. The summed E-state index contributed by atoms with van der Waals surface area (Å²) in [6.45, 7) is 4.52. The van der Waals surface area contributed by atoms with Crippen LogP contribution in [0.25, 0.3) is 22.3 Å². The van der Waals surface area contributed by atoms with Gasteiger partial charge >= 0.3 is 0 Å². The quantitative estimate of drug-likeness (QED) is 0.526. The molecular weight excluding hydrogens is 302 g/mol. The maximum atomic E-state index is 9.29. The zero-order valence-electron chi connectivity index (χ0n) is 14.9. The zero-order chi connectivity index (χ0) is 17.6. The molecule has 3 aromatic rings. The Balaban J connectivity index is 2.02. The lowest BCUT2D eigenvalue weighted by molar-refractivity contribution is 0.560. The summed E-state index contributed by atoms with van der Waals surface area (Å²) < 4.78 is 0. The van der Waals surface area contributed by atoms with Crippen molar-refractivity contribution in [3.8, 4) is 28.3 Å². The summed E-state index contributed by atoms with van der Waals surface area (Å²) >= 11 is 0. The van der Waals surface area contributed by atoms with Gasteiger partial charge in [0.1, 0.15) is 0 Å². The number of nitriles is 1. The van der Waals surface area contributed by atoms with E-state index in [1.54, 1.807) is 0 Å². The SMILES string of the molecule is CCC(C)Cc1ccc(-c2cc(C#N)ccc2-c2ccccc2)cc1. The van der Waals surface area contributed by atoms with Gasteiger partial charge in [-0.2, -0.15) is 5.26 Å². The van der Waals surface area contributed by atoms with Crippen LogP contribution in [0, 0.1) is 17.2 Å². The Morgan fingerprint density at radius 1 is 0.840 bits per heavy atom. The Morgan fingerprint density at radius 2 is 1.52 bits per heavy atom. The fraction of sp³-hybridized carbons (Fsp3) is 0.208. The number of hydrogen-bond acceptors (Lipinski definition) is 1. The third-order valence-corrected chi connectivity index (χ3v) is 4.78. The minimum Gasteiger partial charge on any atom is -0.192 e. The highest BCUT2D eigenvalue weighted by atomic mass is 14.2. The molecule has 124 valence electrons. The molecule has 0 radical (unpaired) electrons. The Kier molecular flexibility index (Phi) is 5.31. The number of hydrogen-bond donors (Lipinski definition) is 0. The summed E-state index contributed by atoms with van der Waals surface area (Å²) in [5.41, 5.74) is 6.67. The Labute approximate surface area is 150 Å². The molecule has 0 amide bonds. The molecule has 0 spiro atoms. The van der Waals surface area contributed by atoms with Crippen LogP contribution in [-0.2, 0) is 6.42 Å². The lowest BCUT2D eigenvalue weighted by Crippen LogP contribution is -1.97. The van der Waals surface area contributed by atoms with Crippen LogP contribution in [0.5, 0.6) is 0 Å². The summed E-state index contributed by atoms with van der Waals surface area (Å²) in [6, 6.07) is 27.3. The minimum absolute atomic E-state index is 0.693. The molecule has 0 aromatic heterocycles. The molecule has 0 bridgehead atoms. The van der Waals surface area contributed by atoms with E-state index in [0.717, 1.165) is 23.1 Å². The van der Waals surface area contributed by atoms with Crippen LogP contribution in [0.4, 0.5) is 0 Å². The molecule has 0 aliphatic rings. The van der Waals surface area contributed by atoms with Crippen LogP contribution < -0.4 is 0 Å². The Hall–Kier alpha value is -2.85. The monoisotopic (exact) mass is 325 g/mol. The zero-order valence-corrected chi connectivity index (χ0v) is 14.9. The van der Waals surface area contributed by atoms with Crippen molar-refractivity contribution in [2.75, 3.05) is 0 Å². The van der Waals surface area contributed by atoms with Gasteiger partial charge in [-0.25, -0.2) is 0 Å². The Morgan fingerprint density at radius 3 is 2.16 bits per heavy atom. The van der Waals surface area contributed by atoms with E-state index >= 15 is 0 Å². The van der Waals surface area contributed by atoms with Crippen LogP contribution >= 0.6 is 0 Å². The average Bonchev–Trinajstić information content (AvgIpc) is 2.68. The average molecular weight is 325 g/mol. The fourth-order valence-electron chi connectivity index (χ4n) is 3.09. The van der Waals surface area contributed by atoms with Gasteiger partial charge in [0.25, 0.3) is 0 Å². The summed E-state index contributed by atoms with van der Waals surface area (Å²) in [5.74, 6) is 0.702. The van der Waals surface area contributed by atoms with E-state index in [0.29, 0.717) is 11.5 Å². The van der Waals surface area contributed by atoms with Crippen molar-refractivity contribution < 1.29 is 0 Å². The van der Waals surface area contributed by atoms with Crippen LogP contribution in [-0.4, -0.2) is 0 Å². The highest BCUT2D eigenvalue weighted by Crippen LogP contribution is 2.33. The van der Waals surface area contributed by atoms with E-state index in [9.17, 15) is 5.26 Å². The predicted octanol–water partition coefficient (Wildman–Crippen LogP) is 6.48. The molecule has 25 heavy (non-hydrogen) atoms. The predicted molar refractivity (Wildman–Crippen MR) is 105 cm³/mol. The fourth-order valence-corrected chi connectivity index (χ4v) is 3.09. The number of benzene rings is 3. The van der Waals surface area contributed by atoms with Gasteiger partial charge in [-0.15, -0.1) is 0 Å². The van der Waals surface area contributed by atoms with Gasteiger partial charge in [0, 0.05) is 0 Å². The van der Waals surface area contributed by atoms with Crippen molar-refractivity contribution in [1.82, 2.24) is 0 Å². The summed E-state index contributed by atoms with van der Waals surface area (Å²) in [7, 11) is 0. The lowest BCUT2D eigenvalue weighted by Gasteiger charge is -2.13. The smallest absolute Gasteiger partial charge is 0.0991 e. The molecule has 0 fully saturated rings. The highest BCUT2D eigenvalue weighted by molar-refractivity contribution is 5.84. The van der Waals surface area contributed by atoms with Gasteiger partial charge in [0.2, 0.25) is 0 Å². The molecule has 3 rings (SSSR count). The molecule has 3 aromatic carbocycles. The summed E-state index contributed by atoms with van der Waals surface area (Å²) in [4.78, 5) is 0. The van der Waals surface area contributed by atoms with Crippen molar-refractivity contribution in [2.45, 2.75) is 26.7 Å². The summed E-state index contributed by atoms with van der Waals surface area (Å²) in [5, 5.41) is 9.29. The van der Waals surface area contributed by atoms with Gasteiger partial charge in [-0.1, -0.05) is 80.9 Å². The van der Waals surface area contributed by atoms with Gasteiger partial charge in [0.15, 0.2) is 0 Å². The molecule has 1 atom stereocenters. The number of nitrogens with zero attached hydrogens (tertiary/aromatic N) is 1. The molecule has 1 heteroatoms. The van der Waals surface area contributed by atoms with Crippen molar-refractivity contribution >= 4 is 0 Å². The van der Waals surface area contributed by atoms with E-state index in [1.807, 2.05) is 30.3 Å². The van der Waals surface area contributed by atoms with Gasteiger partial charge in [-0.3, -0.25) is 0 Å². The molecule has 0 aliphatic heterocycles. The van der Waals surface area contributed by atoms with Crippen LogP contribution in [0.1, 0.15) is 31.4 Å². The minimum atomic E-state index is 0.693. The van der Waals surface area contributed by atoms with E-state index < -0.39 is 0 Å². The first kappa shape index (κ1) is 17.0. The topological polar surface area (TPSA) is 23.8 Å². The van der Waals surface area contributed by atoms with Crippen LogP contribution in [0.3, 0.4) is 0 Å². The maximum Gasteiger partial charge on any atom is 0.0991 e. The third-order valence-electron chi connectivity index (χ3n) is 4.78. The second-order valence-corrected chi connectivity index (χ2v) is 6.65. The van der Waals surface area contributed by atoms with Crippen molar-refractivity contribution in [3.63, 3.8) is 0 Å². The third kappa shape index (κ3) is 3.98. The lowest BCUT2D eigenvalue weighted by atomic mass is 9.91. The number of rotatable bonds is 5. The Bertz CT molecular complexity index is 870. The molecule has 0 heterocycles. The summed E-state index contributed by atoms with van der Waals surface area (Å²) in [6.07, 6.45) is 2.31. The normalized spacial score (nSPS) is 11.7. The van der Waals surface area contributed by atoms with Crippen molar-refractivity contribution in [3.05, 3.63) is 83.9 Å². The van der Waals surface area contributed by atoms with E-state index in [2.05, 4.69) is 62.4 Å². The molecule has 0 aliphatic carbocycles. The van der Waals surface area contributed by atoms with Crippen LogP contribution in [0.15, 0.2) is 72.8 Å². The molecular formula is C24H23N. The molecule has 1 unspecified atom stereocenters. The molecule has 0 N–H and O–H groups in total. The molecule has 1 nitrogen and oxygen atoms in total.